The number of aryl methyl sites for hydroxylation is 1. The van der Waals surface area contributed by atoms with Gasteiger partial charge in [-0.1, -0.05) is 18.2 Å². The zero-order chi connectivity index (χ0) is 14.4. The molecule has 2 rings (SSSR count). The molecule has 100 valence electrons. The SMILES string of the molecule is CC(C)=O.Cc1cc(N)ccc1-c1ccc(N)cc1. The van der Waals surface area contributed by atoms with Crippen LogP contribution in [0.3, 0.4) is 0 Å². The average molecular weight is 256 g/mol. The second-order valence-electron chi connectivity index (χ2n) is 4.60. The smallest absolute Gasteiger partial charge is 0.126 e. The van der Waals surface area contributed by atoms with Gasteiger partial charge in [0, 0.05) is 11.4 Å². The van der Waals surface area contributed by atoms with Crippen molar-refractivity contribution in [3.8, 4) is 11.1 Å². The highest BCUT2D eigenvalue weighted by Gasteiger charge is 2.01. The quantitative estimate of drug-likeness (QED) is 0.768. The maximum Gasteiger partial charge on any atom is 0.126 e. The van der Waals surface area contributed by atoms with Crippen LogP contribution in [0.4, 0.5) is 11.4 Å². The van der Waals surface area contributed by atoms with Crippen LogP contribution in [0.5, 0.6) is 0 Å². The van der Waals surface area contributed by atoms with Gasteiger partial charge in [-0.2, -0.15) is 0 Å². The summed E-state index contributed by atoms with van der Waals surface area (Å²) in [7, 11) is 0. The van der Waals surface area contributed by atoms with Crippen LogP contribution in [0, 0.1) is 6.92 Å². The normalized spacial score (nSPS) is 9.42. The molecule has 3 nitrogen and oxygen atoms in total. The molecule has 4 N–H and O–H groups in total. The molecule has 0 aliphatic heterocycles. The second kappa shape index (κ2) is 6.59. The first-order valence-electron chi connectivity index (χ1n) is 6.09. The van der Waals surface area contributed by atoms with Crippen molar-refractivity contribution in [1.82, 2.24) is 0 Å². The number of benzene rings is 2. The Morgan fingerprint density at radius 1 is 0.895 bits per heavy atom. The molecule has 0 unspecified atom stereocenters. The molecule has 0 heterocycles. The molecule has 0 aliphatic rings. The molecule has 0 spiro atoms. The van der Waals surface area contributed by atoms with Crippen LogP contribution in [0.25, 0.3) is 11.1 Å². The van der Waals surface area contributed by atoms with Crippen molar-refractivity contribution in [3.63, 3.8) is 0 Å². The van der Waals surface area contributed by atoms with Crippen LogP contribution in [-0.2, 0) is 4.79 Å². The minimum atomic E-state index is 0.167. The van der Waals surface area contributed by atoms with Crippen LogP contribution in [0.15, 0.2) is 42.5 Å². The summed E-state index contributed by atoms with van der Waals surface area (Å²) < 4.78 is 0. The molecular formula is C16H20N2O. The van der Waals surface area contributed by atoms with E-state index in [0.717, 1.165) is 11.4 Å². The number of anilines is 2. The molecule has 19 heavy (non-hydrogen) atoms. The summed E-state index contributed by atoms with van der Waals surface area (Å²) in [4.78, 5) is 9.44. The molecule has 2 aromatic rings. The molecule has 2 aromatic carbocycles. The Morgan fingerprint density at radius 3 is 1.84 bits per heavy atom. The summed E-state index contributed by atoms with van der Waals surface area (Å²) in [6, 6.07) is 13.8. The molecule has 0 aliphatic carbocycles. The van der Waals surface area contributed by atoms with Crippen LogP contribution in [-0.4, -0.2) is 5.78 Å². The minimum Gasteiger partial charge on any atom is -0.399 e. The lowest BCUT2D eigenvalue weighted by Gasteiger charge is -2.07. The van der Waals surface area contributed by atoms with Gasteiger partial charge < -0.3 is 16.3 Å². The summed E-state index contributed by atoms with van der Waals surface area (Å²) >= 11 is 0. The third-order valence-corrected chi connectivity index (χ3v) is 2.47. The molecule has 0 aromatic heterocycles. The Balaban J connectivity index is 0.000000399. The fourth-order valence-corrected chi connectivity index (χ4v) is 1.67. The van der Waals surface area contributed by atoms with Crippen molar-refractivity contribution in [1.29, 1.82) is 0 Å². The van der Waals surface area contributed by atoms with E-state index < -0.39 is 0 Å². The Hall–Kier alpha value is -2.29. The summed E-state index contributed by atoms with van der Waals surface area (Å²) in [5.74, 6) is 0.167. The molecule has 0 amide bonds. The molecule has 0 saturated carbocycles. The zero-order valence-electron chi connectivity index (χ0n) is 11.6. The highest BCUT2D eigenvalue weighted by Crippen LogP contribution is 2.25. The Labute approximate surface area is 114 Å². The summed E-state index contributed by atoms with van der Waals surface area (Å²) in [6.07, 6.45) is 0. The number of ketones is 1. The second-order valence-corrected chi connectivity index (χ2v) is 4.60. The van der Waals surface area contributed by atoms with Gasteiger partial charge in [-0.25, -0.2) is 0 Å². The maximum absolute atomic E-state index is 9.44. The van der Waals surface area contributed by atoms with Gasteiger partial charge >= 0.3 is 0 Å². The minimum absolute atomic E-state index is 0.167. The number of nitrogens with two attached hydrogens (primary N) is 2. The molecule has 0 radical (unpaired) electrons. The third-order valence-electron chi connectivity index (χ3n) is 2.47. The number of hydrogen-bond donors (Lipinski definition) is 2. The topological polar surface area (TPSA) is 69.1 Å². The monoisotopic (exact) mass is 256 g/mol. The lowest BCUT2D eigenvalue weighted by molar-refractivity contribution is -0.114. The number of Topliss-reactive ketones (excluding diaryl/α,β-unsaturated/α-hetero) is 1. The van der Waals surface area contributed by atoms with E-state index in [2.05, 4.69) is 6.92 Å². The first-order chi connectivity index (χ1) is 8.90. The predicted molar refractivity (Wildman–Crippen MR) is 81.8 cm³/mol. The number of hydrogen-bond acceptors (Lipinski definition) is 3. The number of nitrogen functional groups attached to an aromatic ring is 2. The standard InChI is InChI=1S/C13H14N2.C3H6O/c1-9-8-12(15)6-7-13(9)10-2-4-11(14)5-3-10;1-3(2)4/h2-8H,14-15H2,1H3;1-2H3. The number of carbonyl (C=O) groups is 1. The van der Waals surface area contributed by atoms with Gasteiger partial charge in [0.25, 0.3) is 0 Å². The first kappa shape index (κ1) is 14.8. The van der Waals surface area contributed by atoms with E-state index in [1.165, 1.54) is 30.5 Å². The Morgan fingerprint density at radius 2 is 1.37 bits per heavy atom. The van der Waals surface area contributed by atoms with Crippen molar-refractivity contribution in [2.24, 2.45) is 0 Å². The molecular weight excluding hydrogens is 236 g/mol. The van der Waals surface area contributed by atoms with Gasteiger partial charge in [-0.3, -0.25) is 0 Å². The zero-order valence-corrected chi connectivity index (χ0v) is 11.6. The maximum atomic E-state index is 9.44. The highest BCUT2D eigenvalue weighted by molar-refractivity contribution is 5.72. The van der Waals surface area contributed by atoms with E-state index in [9.17, 15) is 4.79 Å². The summed E-state index contributed by atoms with van der Waals surface area (Å²) in [5, 5.41) is 0. The van der Waals surface area contributed by atoms with E-state index in [0.29, 0.717) is 0 Å². The van der Waals surface area contributed by atoms with E-state index in [1.807, 2.05) is 42.5 Å². The van der Waals surface area contributed by atoms with Crippen LogP contribution in [0.2, 0.25) is 0 Å². The Kier molecular flexibility index (Phi) is 5.12. The van der Waals surface area contributed by atoms with Gasteiger partial charge in [-0.05, 0) is 61.7 Å². The van der Waals surface area contributed by atoms with Crippen molar-refractivity contribution in [3.05, 3.63) is 48.0 Å². The summed E-state index contributed by atoms with van der Waals surface area (Å²) in [6.45, 7) is 5.11. The lowest BCUT2D eigenvalue weighted by atomic mass is 10.00. The van der Waals surface area contributed by atoms with Crippen LogP contribution < -0.4 is 11.5 Å². The third kappa shape index (κ3) is 4.84. The lowest BCUT2D eigenvalue weighted by Crippen LogP contribution is -1.89. The number of carbonyl (C=O) groups excluding carboxylic acids is 1. The number of rotatable bonds is 1. The van der Waals surface area contributed by atoms with Crippen LogP contribution in [0.1, 0.15) is 19.4 Å². The highest BCUT2D eigenvalue weighted by atomic mass is 16.1. The fourth-order valence-electron chi connectivity index (χ4n) is 1.67. The van der Waals surface area contributed by atoms with Gasteiger partial charge in [-0.15, -0.1) is 0 Å². The molecule has 0 bridgehead atoms. The van der Waals surface area contributed by atoms with Crippen LogP contribution >= 0.6 is 0 Å². The first-order valence-corrected chi connectivity index (χ1v) is 6.09. The molecule has 0 saturated heterocycles. The fraction of sp³-hybridized carbons (Fsp3) is 0.188. The Bertz CT molecular complexity index is 555. The van der Waals surface area contributed by atoms with E-state index in [-0.39, 0.29) is 5.78 Å². The predicted octanol–water partition coefficient (Wildman–Crippen LogP) is 3.42. The van der Waals surface area contributed by atoms with Crippen molar-refractivity contribution in [2.45, 2.75) is 20.8 Å². The van der Waals surface area contributed by atoms with Gasteiger partial charge in [0.15, 0.2) is 0 Å². The largest absolute Gasteiger partial charge is 0.399 e. The molecule has 0 atom stereocenters. The van der Waals surface area contributed by atoms with Crippen molar-refractivity contribution >= 4 is 17.2 Å². The average Bonchev–Trinajstić information content (AvgIpc) is 2.30. The van der Waals surface area contributed by atoms with Gasteiger partial charge in [0.1, 0.15) is 5.78 Å². The van der Waals surface area contributed by atoms with Gasteiger partial charge in [0.2, 0.25) is 0 Å². The molecule has 0 fully saturated rings. The van der Waals surface area contributed by atoms with Crippen molar-refractivity contribution < 1.29 is 4.79 Å². The van der Waals surface area contributed by atoms with Gasteiger partial charge in [0.05, 0.1) is 0 Å². The van der Waals surface area contributed by atoms with E-state index in [1.54, 1.807) is 0 Å². The van der Waals surface area contributed by atoms with E-state index >= 15 is 0 Å². The van der Waals surface area contributed by atoms with E-state index in [4.69, 9.17) is 11.5 Å². The van der Waals surface area contributed by atoms with Crippen molar-refractivity contribution in [2.75, 3.05) is 11.5 Å². The summed E-state index contributed by atoms with van der Waals surface area (Å²) in [5.41, 5.74) is 16.5. The molecule has 3 heteroatoms.